The topological polar surface area (TPSA) is 43.1 Å². The Morgan fingerprint density at radius 3 is 2.78 bits per heavy atom. The van der Waals surface area contributed by atoms with E-state index in [9.17, 15) is 4.79 Å². The molecule has 1 rings (SSSR count). The van der Waals surface area contributed by atoms with Crippen LogP contribution in [0.5, 0.6) is 0 Å². The molecule has 1 atom stereocenters. The summed E-state index contributed by atoms with van der Waals surface area (Å²) in [5.74, 6) is 0.619. The third kappa shape index (κ3) is 1.56. The Kier molecular flexibility index (Phi) is 1.56. The number of carbonyl (C=O) groups is 1. The van der Waals surface area contributed by atoms with Crippen LogP contribution in [0.15, 0.2) is 11.8 Å². The van der Waals surface area contributed by atoms with Crippen molar-refractivity contribution in [3.8, 4) is 0 Å². The van der Waals surface area contributed by atoms with Crippen LogP contribution in [0.25, 0.3) is 0 Å². The summed E-state index contributed by atoms with van der Waals surface area (Å²) >= 11 is 0. The number of rotatable bonds is 0. The van der Waals surface area contributed by atoms with Gasteiger partial charge >= 0.3 is 0 Å². The first-order valence-corrected chi connectivity index (χ1v) is 3.17. The minimum Gasteiger partial charge on any atom is -0.402 e. The first-order valence-electron chi connectivity index (χ1n) is 3.17. The summed E-state index contributed by atoms with van der Waals surface area (Å²) in [5.41, 5.74) is 6.19. The van der Waals surface area contributed by atoms with Crippen molar-refractivity contribution in [1.82, 2.24) is 0 Å². The first-order chi connectivity index (χ1) is 4.18. The van der Waals surface area contributed by atoms with E-state index >= 15 is 0 Å². The molecule has 50 valence electrons. The average molecular weight is 125 g/mol. The number of nitrogens with two attached hydrogens (primary N) is 1. The number of carbonyl (C=O) groups excluding carboxylic acids is 1. The second-order valence-electron chi connectivity index (χ2n) is 2.70. The van der Waals surface area contributed by atoms with Gasteiger partial charge in [-0.15, -0.1) is 0 Å². The van der Waals surface area contributed by atoms with Crippen LogP contribution in [0, 0.1) is 5.92 Å². The lowest BCUT2D eigenvalue weighted by Crippen LogP contribution is -2.15. The van der Waals surface area contributed by atoms with E-state index in [2.05, 4.69) is 0 Å². The Hall–Kier alpha value is -0.790. The highest BCUT2D eigenvalue weighted by Gasteiger charge is 2.13. The quantitative estimate of drug-likeness (QED) is 0.521. The molecular weight excluding hydrogens is 114 g/mol. The molecule has 0 aromatic carbocycles. The maximum absolute atomic E-state index is 10.7. The van der Waals surface area contributed by atoms with Gasteiger partial charge in [-0.3, -0.25) is 4.79 Å². The summed E-state index contributed by atoms with van der Waals surface area (Å²) in [6, 6.07) is 0. The predicted molar refractivity (Wildman–Crippen MR) is 35.7 cm³/mol. The molecule has 0 aromatic heterocycles. The molecule has 1 aliphatic carbocycles. The fourth-order valence-corrected chi connectivity index (χ4v) is 1.14. The number of hydrogen-bond donors (Lipinski definition) is 1. The first kappa shape index (κ1) is 6.33. The molecule has 0 heterocycles. The maximum Gasteiger partial charge on any atom is 0.157 e. The molecule has 0 amide bonds. The van der Waals surface area contributed by atoms with Crippen molar-refractivity contribution >= 4 is 5.78 Å². The van der Waals surface area contributed by atoms with Crippen LogP contribution in [0.3, 0.4) is 0 Å². The Bertz CT molecular complexity index is 160. The zero-order valence-corrected chi connectivity index (χ0v) is 5.55. The standard InChI is InChI=1S/C7H11NO/c1-5-2-6(8)4-7(9)3-5/h4-5H,2-3,8H2,1H3/t5-/m0/s1. The molecule has 9 heavy (non-hydrogen) atoms. The number of hydrogen-bond acceptors (Lipinski definition) is 2. The van der Waals surface area contributed by atoms with Gasteiger partial charge in [-0.25, -0.2) is 0 Å². The van der Waals surface area contributed by atoms with Crippen LogP contribution in [-0.2, 0) is 4.79 Å². The maximum atomic E-state index is 10.7. The van der Waals surface area contributed by atoms with Crippen molar-refractivity contribution in [1.29, 1.82) is 0 Å². The van der Waals surface area contributed by atoms with Gasteiger partial charge in [-0.2, -0.15) is 0 Å². The van der Waals surface area contributed by atoms with Gasteiger partial charge in [0.05, 0.1) is 0 Å². The van der Waals surface area contributed by atoms with E-state index in [0.29, 0.717) is 12.3 Å². The van der Waals surface area contributed by atoms with Gasteiger partial charge in [0.15, 0.2) is 5.78 Å². The zero-order chi connectivity index (χ0) is 6.85. The van der Waals surface area contributed by atoms with Crippen LogP contribution < -0.4 is 5.73 Å². The summed E-state index contributed by atoms with van der Waals surface area (Å²) in [6.07, 6.45) is 3.09. The third-order valence-electron chi connectivity index (χ3n) is 1.48. The van der Waals surface area contributed by atoms with Gasteiger partial charge in [0.2, 0.25) is 0 Å². The van der Waals surface area contributed by atoms with E-state index in [1.807, 2.05) is 6.92 Å². The van der Waals surface area contributed by atoms with Crippen molar-refractivity contribution in [2.75, 3.05) is 0 Å². The molecule has 0 radical (unpaired) electrons. The van der Waals surface area contributed by atoms with E-state index in [1.54, 1.807) is 6.08 Å². The molecule has 0 spiro atoms. The second-order valence-corrected chi connectivity index (χ2v) is 2.70. The molecule has 0 fully saturated rings. The number of allylic oxidation sites excluding steroid dienone is 2. The molecule has 2 heteroatoms. The van der Waals surface area contributed by atoms with Crippen LogP contribution in [0.2, 0.25) is 0 Å². The van der Waals surface area contributed by atoms with Gasteiger partial charge in [0, 0.05) is 12.1 Å². The monoisotopic (exact) mass is 125 g/mol. The molecule has 0 bridgehead atoms. The summed E-state index contributed by atoms with van der Waals surface area (Å²) < 4.78 is 0. The number of ketones is 1. The lowest BCUT2D eigenvalue weighted by atomic mass is 9.93. The fourth-order valence-electron chi connectivity index (χ4n) is 1.14. The Morgan fingerprint density at radius 2 is 2.33 bits per heavy atom. The lowest BCUT2D eigenvalue weighted by Gasteiger charge is -2.13. The van der Waals surface area contributed by atoms with Crippen molar-refractivity contribution < 1.29 is 4.79 Å². The van der Waals surface area contributed by atoms with Crippen LogP contribution in [-0.4, -0.2) is 5.78 Å². The Balaban J connectivity index is 2.67. The van der Waals surface area contributed by atoms with Crippen LogP contribution in [0.1, 0.15) is 19.8 Å². The van der Waals surface area contributed by atoms with Gasteiger partial charge in [-0.05, 0) is 18.4 Å². The summed E-state index contributed by atoms with van der Waals surface area (Å²) in [4.78, 5) is 10.7. The van der Waals surface area contributed by atoms with E-state index in [-0.39, 0.29) is 5.78 Å². The summed E-state index contributed by atoms with van der Waals surface area (Å²) in [7, 11) is 0. The molecule has 0 aliphatic heterocycles. The van der Waals surface area contributed by atoms with Gasteiger partial charge < -0.3 is 5.73 Å². The minimum atomic E-state index is 0.172. The van der Waals surface area contributed by atoms with Crippen molar-refractivity contribution in [2.45, 2.75) is 19.8 Å². The normalized spacial score (nSPS) is 27.9. The molecule has 0 unspecified atom stereocenters. The van der Waals surface area contributed by atoms with E-state index in [4.69, 9.17) is 5.73 Å². The van der Waals surface area contributed by atoms with Crippen molar-refractivity contribution in [3.05, 3.63) is 11.8 Å². The highest BCUT2D eigenvalue weighted by Crippen LogP contribution is 2.17. The molecule has 0 aromatic rings. The average Bonchev–Trinajstić information content (AvgIpc) is 1.59. The highest BCUT2D eigenvalue weighted by atomic mass is 16.1. The molecule has 0 saturated heterocycles. The van der Waals surface area contributed by atoms with E-state index in [1.165, 1.54) is 0 Å². The third-order valence-corrected chi connectivity index (χ3v) is 1.48. The smallest absolute Gasteiger partial charge is 0.157 e. The highest BCUT2D eigenvalue weighted by molar-refractivity contribution is 5.91. The van der Waals surface area contributed by atoms with Gasteiger partial charge in [-0.1, -0.05) is 6.92 Å². The molecule has 0 saturated carbocycles. The van der Waals surface area contributed by atoms with E-state index in [0.717, 1.165) is 12.1 Å². The largest absolute Gasteiger partial charge is 0.402 e. The molecular formula is C7H11NO. The van der Waals surface area contributed by atoms with Crippen LogP contribution in [0.4, 0.5) is 0 Å². The summed E-state index contributed by atoms with van der Waals surface area (Å²) in [6.45, 7) is 2.04. The summed E-state index contributed by atoms with van der Waals surface area (Å²) in [5, 5.41) is 0. The van der Waals surface area contributed by atoms with Gasteiger partial charge in [0.25, 0.3) is 0 Å². The van der Waals surface area contributed by atoms with Crippen molar-refractivity contribution in [3.63, 3.8) is 0 Å². The van der Waals surface area contributed by atoms with Crippen molar-refractivity contribution in [2.24, 2.45) is 11.7 Å². The zero-order valence-electron chi connectivity index (χ0n) is 5.55. The van der Waals surface area contributed by atoms with Crippen LogP contribution >= 0.6 is 0 Å². The molecule has 2 N–H and O–H groups in total. The molecule has 1 aliphatic rings. The predicted octanol–water partition coefficient (Wildman–Crippen LogP) is 0.828. The fraction of sp³-hybridized carbons (Fsp3) is 0.571. The van der Waals surface area contributed by atoms with Gasteiger partial charge in [0.1, 0.15) is 0 Å². The Labute approximate surface area is 54.7 Å². The SMILES string of the molecule is C[C@@H]1CC(=O)C=C(N)C1. The minimum absolute atomic E-state index is 0.172. The lowest BCUT2D eigenvalue weighted by molar-refractivity contribution is -0.115. The molecule has 2 nitrogen and oxygen atoms in total. The van der Waals surface area contributed by atoms with E-state index < -0.39 is 0 Å². The Morgan fingerprint density at radius 1 is 1.67 bits per heavy atom. The second kappa shape index (κ2) is 2.21.